The Morgan fingerprint density at radius 3 is 2.30 bits per heavy atom. The summed E-state index contributed by atoms with van der Waals surface area (Å²) >= 11 is 0. The maximum Gasteiger partial charge on any atom is 0.123 e. The van der Waals surface area contributed by atoms with Crippen molar-refractivity contribution in [2.75, 3.05) is 46.4 Å². The number of hydrogen-bond acceptors (Lipinski definition) is 5. The Morgan fingerprint density at radius 1 is 1.03 bits per heavy atom. The average molecular weight is 452 g/mol. The van der Waals surface area contributed by atoms with Crippen LogP contribution >= 0.6 is 0 Å². The van der Waals surface area contributed by atoms with Gasteiger partial charge in [0.2, 0.25) is 0 Å². The molecule has 2 fully saturated rings. The van der Waals surface area contributed by atoms with E-state index in [1.165, 1.54) is 17.7 Å². The topological polar surface area (TPSA) is 48.7 Å². The van der Waals surface area contributed by atoms with Crippen molar-refractivity contribution in [3.8, 4) is 11.8 Å². The summed E-state index contributed by atoms with van der Waals surface area (Å²) in [6.45, 7) is 5.38. The van der Waals surface area contributed by atoms with Gasteiger partial charge >= 0.3 is 0 Å². The van der Waals surface area contributed by atoms with Crippen LogP contribution in [0.5, 0.6) is 5.75 Å². The van der Waals surface area contributed by atoms with Gasteiger partial charge in [-0.05, 0) is 55.5 Å². The highest BCUT2D eigenvalue weighted by atomic mass is 19.1. The van der Waals surface area contributed by atoms with Crippen LogP contribution in [0.1, 0.15) is 31.2 Å². The highest BCUT2D eigenvalue weighted by Crippen LogP contribution is 2.40. The lowest BCUT2D eigenvalue weighted by molar-refractivity contribution is 0.00674. The number of hydrogen-bond donors (Lipinski definition) is 0. The molecule has 0 aromatic heterocycles. The Balaban J connectivity index is 1.22. The fourth-order valence-electron chi connectivity index (χ4n) is 5.20. The number of nitrogens with zero attached hydrogens (tertiary/aromatic N) is 3. The van der Waals surface area contributed by atoms with Crippen LogP contribution in [-0.2, 0) is 10.2 Å². The van der Waals surface area contributed by atoms with Crippen molar-refractivity contribution in [1.82, 2.24) is 9.80 Å². The van der Waals surface area contributed by atoms with Gasteiger partial charge in [-0.25, -0.2) is 4.39 Å². The minimum atomic E-state index is -0.324. The molecule has 2 aromatic rings. The number of methoxy groups -OCH3 is 1. The second kappa shape index (κ2) is 11.1. The molecule has 1 aliphatic heterocycles. The third-order valence-electron chi connectivity index (χ3n) is 7.32. The second-order valence-corrected chi connectivity index (χ2v) is 9.25. The molecule has 5 nitrogen and oxygen atoms in total. The monoisotopic (exact) mass is 451 g/mol. The zero-order chi connectivity index (χ0) is 23.1. The number of benzene rings is 2. The minimum Gasteiger partial charge on any atom is -0.491 e. The summed E-state index contributed by atoms with van der Waals surface area (Å²) in [5.41, 5.74) is 0.847. The van der Waals surface area contributed by atoms with Gasteiger partial charge in [-0.15, -0.1) is 0 Å². The number of piperazine rings is 1. The van der Waals surface area contributed by atoms with E-state index in [1.54, 1.807) is 19.2 Å². The zero-order valence-corrected chi connectivity index (χ0v) is 19.5. The molecule has 1 saturated carbocycles. The Bertz CT molecular complexity index is 899. The predicted molar refractivity (Wildman–Crippen MR) is 127 cm³/mol. The zero-order valence-electron chi connectivity index (χ0n) is 19.5. The Labute approximate surface area is 196 Å². The summed E-state index contributed by atoms with van der Waals surface area (Å²) < 4.78 is 24.5. The molecule has 6 heteroatoms. The lowest BCUT2D eigenvalue weighted by Crippen LogP contribution is -2.53. The molecule has 0 amide bonds. The maximum absolute atomic E-state index is 13.1. The highest BCUT2D eigenvalue weighted by molar-refractivity contribution is 5.33. The van der Waals surface area contributed by atoms with Crippen LogP contribution in [0, 0.1) is 17.1 Å². The average Bonchev–Trinajstić information content (AvgIpc) is 2.88. The molecule has 0 N–H and O–H groups in total. The van der Waals surface area contributed by atoms with E-state index in [1.807, 2.05) is 18.2 Å². The summed E-state index contributed by atoms with van der Waals surface area (Å²) in [5, 5.41) is 9.95. The van der Waals surface area contributed by atoms with Gasteiger partial charge in [0.25, 0.3) is 0 Å². The summed E-state index contributed by atoms with van der Waals surface area (Å²) in [5.74, 6) is 0.393. The molecule has 176 valence electrons. The van der Waals surface area contributed by atoms with Gasteiger partial charge in [0, 0.05) is 45.9 Å². The summed E-state index contributed by atoms with van der Waals surface area (Å²) in [4.78, 5) is 5.05. The maximum atomic E-state index is 13.1. The van der Waals surface area contributed by atoms with Gasteiger partial charge in [-0.2, -0.15) is 5.26 Å². The SMILES string of the molecule is COC(COc1ccc(F)cc1)CN1CCN([C@H]2CC[C@](C#N)(c3ccccc3)CC2)CC1. The molecule has 4 rings (SSSR count). The van der Waals surface area contributed by atoms with Crippen LogP contribution < -0.4 is 4.74 Å². The third-order valence-corrected chi connectivity index (χ3v) is 7.32. The summed E-state index contributed by atoms with van der Waals surface area (Å²) in [7, 11) is 1.71. The molecule has 2 aliphatic rings. The van der Waals surface area contributed by atoms with Gasteiger partial charge in [0.15, 0.2) is 0 Å². The molecule has 1 aliphatic carbocycles. The van der Waals surface area contributed by atoms with Gasteiger partial charge in [0.05, 0.1) is 11.5 Å². The summed E-state index contributed by atoms with van der Waals surface area (Å²) in [6, 6.07) is 19.6. The first-order valence-electron chi connectivity index (χ1n) is 12.0. The second-order valence-electron chi connectivity index (χ2n) is 9.25. The van der Waals surface area contributed by atoms with E-state index in [0.717, 1.165) is 58.4 Å². The van der Waals surface area contributed by atoms with Crippen LogP contribution in [0.15, 0.2) is 54.6 Å². The van der Waals surface area contributed by atoms with E-state index >= 15 is 0 Å². The molecule has 1 atom stereocenters. The van der Waals surface area contributed by atoms with Crippen molar-refractivity contribution in [2.45, 2.75) is 43.2 Å². The van der Waals surface area contributed by atoms with Gasteiger partial charge < -0.3 is 9.47 Å². The lowest BCUT2D eigenvalue weighted by Gasteiger charge is -2.44. The molecular formula is C27H34FN3O2. The fourth-order valence-corrected chi connectivity index (χ4v) is 5.20. The van der Waals surface area contributed by atoms with E-state index in [9.17, 15) is 9.65 Å². The van der Waals surface area contributed by atoms with Crippen LogP contribution in [0.4, 0.5) is 4.39 Å². The molecule has 0 bridgehead atoms. The Hall–Kier alpha value is -2.46. The van der Waals surface area contributed by atoms with Crippen LogP contribution in [0.25, 0.3) is 0 Å². The number of rotatable bonds is 8. The van der Waals surface area contributed by atoms with Crippen molar-refractivity contribution in [2.24, 2.45) is 0 Å². The quantitative estimate of drug-likeness (QED) is 0.601. The van der Waals surface area contributed by atoms with Crippen molar-refractivity contribution >= 4 is 0 Å². The lowest BCUT2D eigenvalue weighted by atomic mass is 9.69. The van der Waals surface area contributed by atoms with Gasteiger partial charge in [-0.1, -0.05) is 30.3 Å². The number of ether oxygens (including phenoxy) is 2. The van der Waals surface area contributed by atoms with Crippen LogP contribution in [0.2, 0.25) is 0 Å². The first-order valence-corrected chi connectivity index (χ1v) is 12.0. The molecule has 0 spiro atoms. The molecule has 1 heterocycles. The van der Waals surface area contributed by atoms with Crippen LogP contribution in [0.3, 0.4) is 0 Å². The van der Waals surface area contributed by atoms with E-state index in [0.29, 0.717) is 18.4 Å². The van der Waals surface area contributed by atoms with Crippen molar-refractivity contribution in [1.29, 1.82) is 5.26 Å². The van der Waals surface area contributed by atoms with Gasteiger partial charge in [0.1, 0.15) is 24.3 Å². The number of nitriles is 1. The van der Waals surface area contributed by atoms with E-state index in [2.05, 4.69) is 28.0 Å². The van der Waals surface area contributed by atoms with Crippen LogP contribution in [-0.4, -0.2) is 68.4 Å². The summed E-state index contributed by atoms with van der Waals surface area (Å²) in [6.07, 6.45) is 4.00. The molecule has 2 aromatic carbocycles. The molecule has 1 unspecified atom stereocenters. The van der Waals surface area contributed by atoms with Crippen molar-refractivity contribution < 1.29 is 13.9 Å². The first-order chi connectivity index (χ1) is 16.1. The van der Waals surface area contributed by atoms with E-state index < -0.39 is 0 Å². The fraction of sp³-hybridized carbons (Fsp3) is 0.519. The van der Waals surface area contributed by atoms with E-state index in [-0.39, 0.29) is 17.3 Å². The predicted octanol–water partition coefficient (Wildman–Crippen LogP) is 4.24. The van der Waals surface area contributed by atoms with Gasteiger partial charge in [-0.3, -0.25) is 9.80 Å². The smallest absolute Gasteiger partial charge is 0.123 e. The molecule has 1 saturated heterocycles. The molecular weight excluding hydrogens is 417 g/mol. The minimum absolute atomic E-state index is 0.0293. The molecule has 0 radical (unpaired) electrons. The van der Waals surface area contributed by atoms with Crippen molar-refractivity contribution in [3.63, 3.8) is 0 Å². The Morgan fingerprint density at radius 2 is 1.70 bits per heavy atom. The first kappa shape index (κ1) is 23.7. The van der Waals surface area contributed by atoms with Crippen molar-refractivity contribution in [3.05, 3.63) is 66.0 Å². The standard InChI is InChI=1S/C27H34FN3O2/c1-32-26(20-33-25-9-7-23(28)8-10-25)19-30-15-17-31(18-16-30)24-11-13-27(21-29,14-12-24)22-5-3-2-4-6-22/h2-10,24,26H,11-20H2,1H3/t24-,26?,27-. The third kappa shape index (κ3) is 5.92. The largest absolute Gasteiger partial charge is 0.491 e. The Kier molecular flexibility index (Phi) is 7.97. The highest BCUT2D eigenvalue weighted by Gasteiger charge is 2.39. The normalized spacial score (nSPS) is 25.3. The number of halogens is 1. The van der Waals surface area contributed by atoms with E-state index in [4.69, 9.17) is 9.47 Å². The molecule has 33 heavy (non-hydrogen) atoms.